The Morgan fingerprint density at radius 3 is 2.63 bits per heavy atom. The third-order valence-corrected chi connectivity index (χ3v) is 2.03. The number of ether oxygens (including phenoxy) is 1. The molecule has 0 bridgehead atoms. The number of phenolic OH excluding ortho intramolecular Hbond substituents is 1. The lowest BCUT2D eigenvalue weighted by Crippen LogP contribution is -2.07. The van der Waals surface area contributed by atoms with Crippen LogP contribution in [-0.4, -0.2) is 29.4 Å². The first-order valence-corrected chi connectivity index (χ1v) is 5.49. The van der Waals surface area contributed by atoms with Crippen LogP contribution in [-0.2, 0) is 14.4 Å². The summed E-state index contributed by atoms with van der Waals surface area (Å²) in [7, 11) is 0. The lowest BCUT2D eigenvalue weighted by Gasteiger charge is -2.01. The number of carbonyl (C=O) groups excluding carboxylic acids is 1. The van der Waals surface area contributed by atoms with Gasteiger partial charge in [-0.2, -0.15) is 0 Å². The third-order valence-electron chi connectivity index (χ3n) is 2.03. The lowest BCUT2D eigenvalue weighted by atomic mass is 10.2. The number of aromatic hydroxyl groups is 1. The number of rotatable bonds is 7. The first-order chi connectivity index (χ1) is 9.08. The standard InChI is InChI=1S/C12H13NO6/c14-11-5-2-10(3-6-11)4-7-12(15)18-8-1-9-19-13(16)17/h2-7,14H,1,8-9H2/b7-4+. The largest absolute Gasteiger partial charge is 0.508 e. The Hall–Kier alpha value is -2.57. The predicted molar refractivity (Wildman–Crippen MR) is 65.7 cm³/mol. The Morgan fingerprint density at radius 2 is 2.00 bits per heavy atom. The Labute approximate surface area is 109 Å². The fraction of sp³-hybridized carbons (Fsp3) is 0.250. The van der Waals surface area contributed by atoms with Gasteiger partial charge in [0.1, 0.15) is 5.75 Å². The zero-order chi connectivity index (χ0) is 14.1. The minimum Gasteiger partial charge on any atom is -0.508 e. The highest BCUT2D eigenvalue weighted by Gasteiger charge is 1.99. The molecule has 1 N–H and O–H groups in total. The Kier molecular flexibility index (Phi) is 5.87. The molecule has 1 rings (SSSR count). The van der Waals surface area contributed by atoms with E-state index in [1.54, 1.807) is 12.1 Å². The van der Waals surface area contributed by atoms with Gasteiger partial charge in [0.15, 0.2) is 0 Å². The second kappa shape index (κ2) is 7.70. The first-order valence-electron chi connectivity index (χ1n) is 5.49. The topological polar surface area (TPSA) is 98.9 Å². The Balaban J connectivity index is 2.23. The molecule has 0 saturated carbocycles. The van der Waals surface area contributed by atoms with Gasteiger partial charge in [-0.1, -0.05) is 12.1 Å². The van der Waals surface area contributed by atoms with Crippen LogP contribution in [0.5, 0.6) is 5.75 Å². The van der Waals surface area contributed by atoms with E-state index < -0.39 is 11.1 Å². The van der Waals surface area contributed by atoms with Crippen molar-refractivity contribution in [2.24, 2.45) is 0 Å². The number of hydrogen-bond acceptors (Lipinski definition) is 6. The molecule has 0 aromatic heterocycles. The van der Waals surface area contributed by atoms with Gasteiger partial charge in [-0.25, -0.2) is 4.79 Å². The fourth-order valence-electron chi connectivity index (χ4n) is 1.17. The van der Waals surface area contributed by atoms with Crippen LogP contribution in [0.4, 0.5) is 0 Å². The molecule has 7 nitrogen and oxygen atoms in total. The highest BCUT2D eigenvalue weighted by molar-refractivity contribution is 5.87. The van der Waals surface area contributed by atoms with Crippen LogP contribution in [0.1, 0.15) is 12.0 Å². The van der Waals surface area contributed by atoms with Gasteiger partial charge in [-0.3, -0.25) is 0 Å². The van der Waals surface area contributed by atoms with Gasteiger partial charge < -0.3 is 14.7 Å². The molecule has 7 heteroatoms. The molecule has 0 radical (unpaired) electrons. The van der Waals surface area contributed by atoms with Crippen molar-refractivity contribution in [1.29, 1.82) is 0 Å². The molecule has 0 aliphatic rings. The number of esters is 1. The van der Waals surface area contributed by atoms with Crippen LogP contribution in [0.25, 0.3) is 6.08 Å². The number of carbonyl (C=O) groups is 1. The van der Waals surface area contributed by atoms with Gasteiger partial charge in [0.25, 0.3) is 5.09 Å². The molecule has 0 fully saturated rings. The summed E-state index contributed by atoms with van der Waals surface area (Å²) in [4.78, 5) is 25.1. The summed E-state index contributed by atoms with van der Waals surface area (Å²) in [5.41, 5.74) is 0.742. The normalized spacial score (nSPS) is 10.3. The second-order valence-electron chi connectivity index (χ2n) is 3.50. The van der Waals surface area contributed by atoms with Crippen LogP contribution in [0, 0.1) is 10.1 Å². The third kappa shape index (κ3) is 6.67. The van der Waals surface area contributed by atoms with Crippen LogP contribution >= 0.6 is 0 Å². The number of phenols is 1. The summed E-state index contributed by atoms with van der Waals surface area (Å²) in [6.07, 6.45) is 3.02. The Bertz CT molecular complexity index is 454. The molecule has 1 aromatic carbocycles. The van der Waals surface area contributed by atoms with Crippen molar-refractivity contribution < 1.29 is 24.6 Å². The van der Waals surface area contributed by atoms with Crippen molar-refractivity contribution in [3.63, 3.8) is 0 Å². The number of benzene rings is 1. The van der Waals surface area contributed by atoms with Crippen LogP contribution in [0.2, 0.25) is 0 Å². The van der Waals surface area contributed by atoms with E-state index in [0.29, 0.717) is 0 Å². The minimum atomic E-state index is -0.896. The van der Waals surface area contributed by atoms with Crippen molar-refractivity contribution >= 4 is 12.0 Å². The van der Waals surface area contributed by atoms with Crippen LogP contribution in [0.3, 0.4) is 0 Å². The molecule has 0 spiro atoms. The monoisotopic (exact) mass is 267 g/mol. The second-order valence-corrected chi connectivity index (χ2v) is 3.50. The zero-order valence-electron chi connectivity index (χ0n) is 10.0. The van der Waals surface area contributed by atoms with E-state index in [2.05, 4.69) is 4.84 Å². The number of hydrogen-bond donors (Lipinski definition) is 1. The SMILES string of the molecule is O=C(/C=C/c1ccc(O)cc1)OCCCO[N+](=O)[O-]. The summed E-state index contributed by atoms with van der Waals surface area (Å²) in [6, 6.07) is 6.29. The molecule has 0 heterocycles. The molecule has 0 aliphatic heterocycles. The van der Waals surface area contributed by atoms with E-state index >= 15 is 0 Å². The van der Waals surface area contributed by atoms with Crippen molar-refractivity contribution in [3.8, 4) is 5.75 Å². The van der Waals surface area contributed by atoms with Crippen molar-refractivity contribution in [2.75, 3.05) is 13.2 Å². The average Bonchev–Trinajstić information content (AvgIpc) is 2.37. The molecule has 0 aliphatic carbocycles. The smallest absolute Gasteiger partial charge is 0.330 e. The summed E-state index contributed by atoms with van der Waals surface area (Å²) in [5, 5.41) is 18.0. The van der Waals surface area contributed by atoms with Gasteiger partial charge >= 0.3 is 5.97 Å². The molecule has 0 saturated heterocycles. The fourth-order valence-corrected chi connectivity index (χ4v) is 1.17. The highest BCUT2D eigenvalue weighted by atomic mass is 16.9. The molecule has 0 amide bonds. The minimum absolute atomic E-state index is 0.0482. The zero-order valence-corrected chi connectivity index (χ0v) is 10.0. The summed E-state index contributed by atoms with van der Waals surface area (Å²) in [5.74, 6) is -0.403. The van der Waals surface area contributed by atoms with E-state index in [1.165, 1.54) is 24.3 Å². The van der Waals surface area contributed by atoms with Crippen LogP contribution in [0.15, 0.2) is 30.3 Å². The molecule has 0 unspecified atom stereocenters. The van der Waals surface area contributed by atoms with Crippen molar-refractivity contribution in [1.82, 2.24) is 0 Å². The maximum atomic E-state index is 11.2. The first kappa shape index (κ1) is 14.5. The molecular weight excluding hydrogens is 254 g/mol. The molecule has 19 heavy (non-hydrogen) atoms. The van der Waals surface area contributed by atoms with E-state index in [0.717, 1.165) is 5.56 Å². The summed E-state index contributed by atoms with van der Waals surface area (Å²) in [6.45, 7) is -0.0610. The average molecular weight is 267 g/mol. The van der Waals surface area contributed by atoms with E-state index in [4.69, 9.17) is 9.84 Å². The molecular formula is C12H13NO6. The van der Waals surface area contributed by atoms with Gasteiger partial charge in [0, 0.05) is 12.5 Å². The molecule has 102 valence electrons. The van der Waals surface area contributed by atoms with Crippen LogP contribution < -0.4 is 0 Å². The van der Waals surface area contributed by atoms with E-state index in [-0.39, 0.29) is 25.4 Å². The maximum absolute atomic E-state index is 11.2. The Morgan fingerprint density at radius 1 is 1.32 bits per heavy atom. The van der Waals surface area contributed by atoms with Crippen molar-refractivity contribution in [2.45, 2.75) is 6.42 Å². The maximum Gasteiger partial charge on any atom is 0.330 e. The molecule has 0 atom stereocenters. The summed E-state index contributed by atoms with van der Waals surface area (Å²) >= 11 is 0. The predicted octanol–water partition coefficient (Wildman–Crippen LogP) is 1.55. The van der Waals surface area contributed by atoms with Crippen molar-refractivity contribution in [3.05, 3.63) is 46.0 Å². The lowest BCUT2D eigenvalue weighted by molar-refractivity contribution is -0.757. The van der Waals surface area contributed by atoms with Gasteiger partial charge in [-0.15, -0.1) is 10.1 Å². The highest BCUT2D eigenvalue weighted by Crippen LogP contribution is 2.10. The summed E-state index contributed by atoms with van der Waals surface area (Å²) < 4.78 is 4.79. The van der Waals surface area contributed by atoms with Gasteiger partial charge in [-0.05, 0) is 23.8 Å². The van der Waals surface area contributed by atoms with Gasteiger partial charge in [0.05, 0.1) is 13.2 Å². The quantitative estimate of drug-likeness (QED) is 0.264. The van der Waals surface area contributed by atoms with E-state index in [1.807, 2.05) is 0 Å². The molecule has 1 aromatic rings. The van der Waals surface area contributed by atoms with Gasteiger partial charge in [0.2, 0.25) is 0 Å². The number of nitrogens with zero attached hydrogens (tertiary/aromatic N) is 1. The van der Waals surface area contributed by atoms with E-state index in [9.17, 15) is 14.9 Å².